The number of hydrogen-bond acceptors (Lipinski definition) is 5. The fraction of sp³-hybridized carbons (Fsp3) is 0.548. The number of piperidine rings is 2. The molecule has 0 radical (unpaired) electrons. The van der Waals surface area contributed by atoms with Gasteiger partial charge in [-0.15, -0.1) is 0 Å². The molecule has 2 saturated heterocycles. The largest absolute Gasteiger partial charge is 0.347 e. The Labute approximate surface area is 243 Å². The van der Waals surface area contributed by atoms with E-state index in [0.717, 1.165) is 63.7 Å². The maximum atomic E-state index is 13.6. The van der Waals surface area contributed by atoms with Gasteiger partial charge in [-0.1, -0.05) is 66.0 Å². The van der Waals surface area contributed by atoms with Gasteiger partial charge in [0.25, 0.3) is 0 Å². The van der Waals surface area contributed by atoms with E-state index in [-0.39, 0.29) is 24.2 Å². The molecule has 2 aromatic rings. The number of ketones is 1. The molecule has 0 spiro atoms. The third kappa shape index (κ3) is 7.42. The van der Waals surface area contributed by atoms with Gasteiger partial charge in [-0.3, -0.25) is 14.5 Å². The minimum absolute atomic E-state index is 0.0805. The Bertz CT molecular complexity index is 1110. The molecule has 39 heavy (non-hydrogen) atoms. The highest BCUT2D eigenvalue weighted by molar-refractivity contribution is 6.42. The van der Waals surface area contributed by atoms with Crippen LogP contribution >= 0.6 is 23.2 Å². The topological polar surface area (TPSA) is 64.7 Å². The molecule has 2 aromatic carbocycles. The quantitative estimate of drug-likeness (QED) is 0.353. The summed E-state index contributed by atoms with van der Waals surface area (Å²) in [5.74, 6) is 0.482. The molecule has 0 aliphatic carbocycles. The first kappa shape index (κ1) is 30.0. The van der Waals surface area contributed by atoms with Crippen LogP contribution < -0.4 is 10.6 Å². The highest BCUT2D eigenvalue weighted by atomic mass is 35.5. The van der Waals surface area contributed by atoms with E-state index in [1.807, 2.05) is 62.6 Å². The zero-order valence-electron chi connectivity index (χ0n) is 23.2. The maximum absolute atomic E-state index is 13.6. The van der Waals surface area contributed by atoms with Crippen LogP contribution in [-0.4, -0.2) is 79.9 Å². The highest BCUT2D eigenvalue weighted by Crippen LogP contribution is 2.37. The van der Waals surface area contributed by atoms with E-state index in [4.69, 9.17) is 23.2 Å². The van der Waals surface area contributed by atoms with Crippen LogP contribution in [-0.2, 0) is 4.79 Å². The molecule has 2 unspecified atom stereocenters. The van der Waals surface area contributed by atoms with E-state index in [0.29, 0.717) is 28.2 Å². The van der Waals surface area contributed by atoms with Gasteiger partial charge < -0.3 is 15.5 Å². The Hall–Kier alpha value is -1.96. The first-order chi connectivity index (χ1) is 18.8. The van der Waals surface area contributed by atoms with E-state index in [1.54, 1.807) is 4.90 Å². The lowest BCUT2D eigenvalue weighted by molar-refractivity contribution is -0.148. The molecule has 6 nitrogen and oxygen atoms in total. The zero-order chi connectivity index (χ0) is 27.8. The Morgan fingerprint density at radius 2 is 1.82 bits per heavy atom. The van der Waals surface area contributed by atoms with Crippen LogP contribution in [0, 0.1) is 0 Å². The van der Waals surface area contributed by atoms with E-state index in [1.165, 1.54) is 6.42 Å². The molecule has 2 atom stereocenters. The van der Waals surface area contributed by atoms with E-state index < -0.39 is 5.54 Å². The van der Waals surface area contributed by atoms with Crippen LogP contribution in [0.15, 0.2) is 48.5 Å². The van der Waals surface area contributed by atoms with Crippen molar-refractivity contribution in [1.82, 2.24) is 20.4 Å². The first-order valence-electron chi connectivity index (χ1n) is 14.2. The number of hydrogen-bond donors (Lipinski definition) is 2. The van der Waals surface area contributed by atoms with Gasteiger partial charge in [-0.25, -0.2) is 0 Å². The van der Waals surface area contributed by atoms with E-state index >= 15 is 0 Å². The van der Waals surface area contributed by atoms with Crippen LogP contribution in [0.2, 0.25) is 10.0 Å². The Morgan fingerprint density at radius 1 is 1.08 bits per heavy atom. The van der Waals surface area contributed by atoms with Crippen molar-refractivity contribution in [2.24, 2.45) is 0 Å². The van der Waals surface area contributed by atoms with Crippen LogP contribution in [0.5, 0.6) is 0 Å². The number of Topliss-reactive ketones (excluding diaryl/α,β-unsaturated/α-hetero) is 1. The lowest BCUT2D eigenvalue weighted by atomic mass is 9.80. The average molecular weight is 574 g/mol. The Kier molecular flexibility index (Phi) is 10.8. The molecule has 0 bridgehead atoms. The highest BCUT2D eigenvalue weighted by Gasteiger charge is 2.48. The molecule has 0 aromatic heterocycles. The molecule has 2 aliphatic heterocycles. The van der Waals surface area contributed by atoms with Crippen LogP contribution in [0.3, 0.4) is 0 Å². The van der Waals surface area contributed by atoms with Gasteiger partial charge in [-0.05, 0) is 81.8 Å². The molecule has 0 saturated carbocycles. The monoisotopic (exact) mass is 572 g/mol. The number of nitrogens with zero attached hydrogens (tertiary/aromatic N) is 2. The minimum atomic E-state index is -0.431. The number of carbonyl (C=O) groups excluding carboxylic acids is 2. The summed E-state index contributed by atoms with van der Waals surface area (Å²) in [5.41, 5.74) is 1.40. The molecule has 2 fully saturated rings. The van der Waals surface area contributed by atoms with Gasteiger partial charge in [0.2, 0.25) is 5.91 Å². The maximum Gasteiger partial charge on any atom is 0.242 e. The summed E-state index contributed by atoms with van der Waals surface area (Å²) < 4.78 is 0. The summed E-state index contributed by atoms with van der Waals surface area (Å²) in [7, 11) is 3.77. The van der Waals surface area contributed by atoms with Crippen LogP contribution in [0.4, 0.5) is 0 Å². The summed E-state index contributed by atoms with van der Waals surface area (Å²) in [6.45, 7) is 3.65. The van der Waals surface area contributed by atoms with Crippen molar-refractivity contribution in [2.75, 3.05) is 46.8 Å². The molecular weight excluding hydrogens is 531 g/mol. The normalized spacial score (nSPS) is 20.4. The standard InChI is InChI=1S/C31H42Cl2N4O2/c1-36(2)30(39)31(15-17-34-18-16-31)37-19-7-6-10-26(37)13-11-25(24-12-14-27(32)28(33)20-24)21-35-22-29(38)23-8-4-3-5-9-23/h3-5,8-9,12,14,20,25-26,34-35H,6-7,10-11,13,15-19,21-22H2,1-2H3. The zero-order valence-corrected chi connectivity index (χ0v) is 24.7. The fourth-order valence-corrected chi connectivity index (χ4v) is 6.68. The van der Waals surface area contributed by atoms with Crippen molar-refractivity contribution < 1.29 is 9.59 Å². The van der Waals surface area contributed by atoms with Crippen LogP contribution in [0.1, 0.15) is 66.8 Å². The van der Waals surface area contributed by atoms with E-state index in [9.17, 15) is 9.59 Å². The first-order valence-corrected chi connectivity index (χ1v) is 15.0. The molecule has 2 N–H and O–H groups in total. The van der Waals surface area contributed by atoms with Crippen molar-refractivity contribution in [1.29, 1.82) is 0 Å². The van der Waals surface area contributed by atoms with Crippen molar-refractivity contribution in [3.8, 4) is 0 Å². The SMILES string of the molecule is CN(C)C(=O)C1(N2CCCCC2CCC(CNCC(=O)c2ccccc2)c2ccc(Cl)c(Cl)c2)CCNCC1. The van der Waals surface area contributed by atoms with E-state index in [2.05, 4.69) is 15.5 Å². The second-order valence-electron chi connectivity index (χ2n) is 11.2. The number of likely N-dealkylation sites (N-methyl/N-ethyl adjacent to an activating group) is 1. The third-order valence-corrected chi connectivity index (χ3v) is 9.19. The fourth-order valence-electron chi connectivity index (χ4n) is 6.38. The third-order valence-electron chi connectivity index (χ3n) is 8.45. The molecule has 1 amide bonds. The minimum Gasteiger partial charge on any atom is -0.347 e. The van der Waals surface area contributed by atoms with Crippen molar-refractivity contribution >= 4 is 34.9 Å². The molecular formula is C31H42Cl2N4O2. The summed E-state index contributed by atoms with van der Waals surface area (Å²) in [4.78, 5) is 30.6. The Balaban J connectivity index is 1.49. The summed E-state index contributed by atoms with van der Waals surface area (Å²) in [6, 6.07) is 15.6. The number of amides is 1. The van der Waals surface area contributed by atoms with Gasteiger partial charge in [-0.2, -0.15) is 0 Å². The van der Waals surface area contributed by atoms with Gasteiger partial charge in [0.1, 0.15) is 5.54 Å². The number of halogens is 2. The smallest absolute Gasteiger partial charge is 0.242 e. The lowest BCUT2D eigenvalue weighted by Gasteiger charge is -2.51. The number of likely N-dealkylation sites (tertiary alicyclic amines) is 1. The molecule has 212 valence electrons. The molecule has 2 heterocycles. The summed E-state index contributed by atoms with van der Waals surface area (Å²) in [5, 5.41) is 7.95. The van der Waals surface area contributed by atoms with Crippen molar-refractivity contribution in [2.45, 2.75) is 62.4 Å². The summed E-state index contributed by atoms with van der Waals surface area (Å²) >= 11 is 12.6. The van der Waals surface area contributed by atoms with Gasteiger partial charge in [0.05, 0.1) is 16.6 Å². The molecule has 4 rings (SSSR count). The number of benzene rings is 2. The number of carbonyl (C=O) groups is 2. The predicted octanol–water partition coefficient (Wildman–Crippen LogP) is 5.39. The average Bonchev–Trinajstić information content (AvgIpc) is 2.96. The van der Waals surface area contributed by atoms with Crippen molar-refractivity contribution in [3.05, 3.63) is 69.7 Å². The lowest BCUT2D eigenvalue weighted by Crippen LogP contribution is -2.66. The van der Waals surface area contributed by atoms with Crippen molar-refractivity contribution in [3.63, 3.8) is 0 Å². The van der Waals surface area contributed by atoms with Gasteiger partial charge >= 0.3 is 0 Å². The second kappa shape index (κ2) is 14.1. The second-order valence-corrected chi connectivity index (χ2v) is 12.0. The Morgan fingerprint density at radius 3 is 2.51 bits per heavy atom. The predicted molar refractivity (Wildman–Crippen MR) is 160 cm³/mol. The number of nitrogens with one attached hydrogen (secondary N) is 2. The molecule has 8 heteroatoms. The number of rotatable bonds is 11. The summed E-state index contributed by atoms with van der Waals surface area (Å²) in [6.07, 6.45) is 7.02. The van der Waals surface area contributed by atoms with Gasteiger partial charge in [0, 0.05) is 32.2 Å². The van der Waals surface area contributed by atoms with Crippen LogP contribution in [0.25, 0.3) is 0 Å². The molecule has 2 aliphatic rings. The van der Waals surface area contributed by atoms with Gasteiger partial charge in [0.15, 0.2) is 5.78 Å².